The number of hydrogen-bond acceptors (Lipinski definition) is 3. The summed E-state index contributed by atoms with van der Waals surface area (Å²) >= 11 is 0. The highest BCUT2D eigenvalue weighted by Crippen LogP contribution is 2.54. The van der Waals surface area contributed by atoms with Gasteiger partial charge in [0, 0.05) is 37.4 Å². The number of aryl methyl sites for hydroxylation is 1. The predicted octanol–water partition coefficient (Wildman–Crippen LogP) is 3.41. The molecule has 28 heavy (non-hydrogen) atoms. The summed E-state index contributed by atoms with van der Waals surface area (Å²) in [5.74, 6) is 1.71. The Morgan fingerprint density at radius 1 is 1.18 bits per heavy atom. The summed E-state index contributed by atoms with van der Waals surface area (Å²) < 4.78 is 6.54. The number of carbonyl (C=O) groups excluding carboxylic acids is 1. The van der Waals surface area contributed by atoms with Gasteiger partial charge in [-0.25, -0.2) is 0 Å². The van der Waals surface area contributed by atoms with Crippen LogP contribution in [0.25, 0.3) is 0 Å². The average Bonchev–Trinajstić information content (AvgIpc) is 3.31. The lowest BCUT2D eigenvalue weighted by Crippen LogP contribution is -2.44. The molecule has 4 heteroatoms. The maximum Gasteiger partial charge on any atom is 0.223 e. The molecule has 3 aliphatic heterocycles. The van der Waals surface area contributed by atoms with Gasteiger partial charge in [-0.1, -0.05) is 36.8 Å². The predicted molar refractivity (Wildman–Crippen MR) is 110 cm³/mol. The van der Waals surface area contributed by atoms with E-state index in [1.165, 1.54) is 50.6 Å². The largest absolute Gasteiger partial charge is 0.370 e. The summed E-state index contributed by atoms with van der Waals surface area (Å²) in [5, 5.41) is 3.27. The first kappa shape index (κ1) is 18.6. The molecule has 1 spiro atoms. The van der Waals surface area contributed by atoms with Crippen molar-refractivity contribution in [1.29, 1.82) is 0 Å². The fourth-order valence-electron chi connectivity index (χ4n) is 6.07. The van der Waals surface area contributed by atoms with Gasteiger partial charge in [0.2, 0.25) is 5.91 Å². The quantitative estimate of drug-likeness (QED) is 0.701. The zero-order valence-corrected chi connectivity index (χ0v) is 16.9. The van der Waals surface area contributed by atoms with E-state index in [1.54, 1.807) is 0 Å². The van der Waals surface area contributed by atoms with E-state index in [0.717, 1.165) is 32.5 Å². The van der Waals surface area contributed by atoms with Crippen LogP contribution < -0.4 is 5.32 Å². The second-order valence-electron chi connectivity index (χ2n) is 9.58. The van der Waals surface area contributed by atoms with Gasteiger partial charge >= 0.3 is 0 Å². The van der Waals surface area contributed by atoms with Crippen molar-refractivity contribution in [2.45, 2.75) is 63.1 Å². The van der Waals surface area contributed by atoms with Crippen LogP contribution in [0.3, 0.4) is 0 Å². The van der Waals surface area contributed by atoms with Gasteiger partial charge in [-0.2, -0.15) is 0 Å². The van der Waals surface area contributed by atoms with Crippen molar-refractivity contribution in [3.63, 3.8) is 0 Å². The van der Waals surface area contributed by atoms with Crippen LogP contribution in [-0.2, 0) is 16.0 Å². The molecule has 1 aromatic rings. The minimum atomic E-state index is 0.0932. The van der Waals surface area contributed by atoms with Crippen molar-refractivity contribution >= 4 is 5.91 Å². The van der Waals surface area contributed by atoms with E-state index in [1.807, 2.05) is 0 Å². The molecule has 5 rings (SSSR count). The first-order valence-electron chi connectivity index (χ1n) is 11.5. The fraction of sp³-hybridized carbons (Fsp3) is 0.708. The summed E-state index contributed by atoms with van der Waals surface area (Å²) in [5.41, 5.74) is 1.54. The highest BCUT2D eigenvalue weighted by molar-refractivity contribution is 5.79. The molecule has 1 N–H and O–H groups in total. The van der Waals surface area contributed by atoms with Crippen LogP contribution in [0, 0.1) is 17.8 Å². The van der Waals surface area contributed by atoms with E-state index >= 15 is 0 Å². The summed E-state index contributed by atoms with van der Waals surface area (Å²) in [6.07, 6.45) is 9.86. The number of amides is 1. The molecule has 1 aliphatic carbocycles. The van der Waals surface area contributed by atoms with E-state index in [9.17, 15) is 4.79 Å². The third-order valence-corrected chi connectivity index (χ3v) is 7.87. The molecule has 1 amide bonds. The van der Waals surface area contributed by atoms with Crippen LogP contribution in [0.2, 0.25) is 0 Å². The zero-order chi connectivity index (χ0) is 19.0. The number of fused-ring (bicyclic) bond motifs is 1. The van der Waals surface area contributed by atoms with Crippen LogP contribution in [-0.4, -0.2) is 48.7 Å². The van der Waals surface area contributed by atoms with E-state index in [0.29, 0.717) is 23.8 Å². The Morgan fingerprint density at radius 3 is 2.82 bits per heavy atom. The van der Waals surface area contributed by atoms with E-state index < -0.39 is 0 Å². The second kappa shape index (κ2) is 7.79. The standard InChI is InChI=1S/C24H34N2O2/c27-23(19-10-6-11-19)25-15-20-21-16-26(17-24(21)13-12-22(20)28-24)14-5-4-9-18-7-2-1-3-8-18/h1-3,7-8,19-22H,4-6,9-17H2,(H,25,27)/t20-,21+,22+,24+/m0/s1. The maximum atomic E-state index is 12.3. The average molecular weight is 383 g/mol. The molecule has 2 bridgehead atoms. The normalized spacial score (nSPS) is 34.4. The monoisotopic (exact) mass is 382 g/mol. The van der Waals surface area contributed by atoms with Crippen molar-refractivity contribution in [2.75, 3.05) is 26.2 Å². The maximum absolute atomic E-state index is 12.3. The Balaban J connectivity index is 1.10. The van der Waals surface area contributed by atoms with Crippen LogP contribution >= 0.6 is 0 Å². The Labute approximate surface area is 169 Å². The van der Waals surface area contributed by atoms with E-state index in [-0.39, 0.29) is 11.5 Å². The summed E-state index contributed by atoms with van der Waals surface area (Å²) in [7, 11) is 0. The minimum Gasteiger partial charge on any atom is -0.370 e. The molecule has 0 aromatic heterocycles. The number of rotatable bonds is 8. The molecule has 3 heterocycles. The summed E-state index contributed by atoms with van der Waals surface area (Å²) in [6.45, 7) is 4.27. The van der Waals surface area contributed by atoms with Crippen molar-refractivity contribution in [3.05, 3.63) is 35.9 Å². The zero-order valence-electron chi connectivity index (χ0n) is 16.9. The highest BCUT2D eigenvalue weighted by atomic mass is 16.5. The van der Waals surface area contributed by atoms with Crippen LogP contribution in [0.5, 0.6) is 0 Å². The van der Waals surface area contributed by atoms with E-state index in [2.05, 4.69) is 40.5 Å². The molecular formula is C24H34N2O2. The van der Waals surface area contributed by atoms with Crippen molar-refractivity contribution < 1.29 is 9.53 Å². The Hall–Kier alpha value is -1.39. The lowest BCUT2D eigenvalue weighted by molar-refractivity contribution is -0.127. The lowest BCUT2D eigenvalue weighted by Gasteiger charge is -2.31. The molecule has 152 valence electrons. The third kappa shape index (κ3) is 3.50. The highest BCUT2D eigenvalue weighted by Gasteiger charge is 2.62. The molecule has 1 saturated carbocycles. The van der Waals surface area contributed by atoms with Crippen molar-refractivity contribution in [3.8, 4) is 0 Å². The molecule has 4 aliphatic rings. The van der Waals surface area contributed by atoms with Gasteiger partial charge in [0.25, 0.3) is 0 Å². The van der Waals surface area contributed by atoms with Gasteiger partial charge in [-0.05, 0) is 57.1 Å². The number of nitrogens with one attached hydrogen (secondary N) is 1. The first-order valence-corrected chi connectivity index (χ1v) is 11.5. The third-order valence-electron chi connectivity index (χ3n) is 7.87. The van der Waals surface area contributed by atoms with Crippen LogP contribution in [0.4, 0.5) is 0 Å². The number of benzene rings is 1. The molecule has 3 saturated heterocycles. The minimum absolute atomic E-state index is 0.0932. The van der Waals surface area contributed by atoms with Gasteiger partial charge in [-0.15, -0.1) is 0 Å². The van der Waals surface area contributed by atoms with Crippen molar-refractivity contribution in [1.82, 2.24) is 10.2 Å². The lowest BCUT2D eigenvalue weighted by atomic mass is 9.73. The van der Waals surface area contributed by atoms with Crippen molar-refractivity contribution in [2.24, 2.45) is 17.8 Å². The molecule has 0 radical (unpaired) electrons. The number of likely N-dealkylation sites (tertiary alicyclic amines) is 1. The molecule has 4 nitrogen and oxygen atoms in total. The fourth-order valence-corrected chi connectivity index (χ4v) is 6.07. The number of carbonyl (C=O) groups is 1. The Bertz CT molecular complexity index is 689. The van der Waals surface area contributed by atoms with Crippen LogP contribution in [0.1, 0.15) is 50.5 Å². The van der Waals surface area contributed by atoms with Gasteiger partial charge in [0.1, 0.15) is 0 Å². The second-order valence-corrected chi connectivity index (χ2v) is 9.58. The van der Waals surface area contributed by atoms with Gasteiger partial charge in [0.15, 0.2) is 0 Å². The van der Waals surface area contributed by atoms with Gasteiger partial charge in [0.05, 0.1) is 11.7 Å². The molecule has 1 aromatic carbocycles. The number of hydrogen-bond donors (Lipinski definition) is 1. The number of unbranched alkanes of at least 4 members (excludes halogenated alkanes) is 1. The smallest absolute Gasteiger partial charge is 0.223 e. The number of nitrogens with zero attached hydrogens (tertiary/aromatic N) is 1. The summed E-state index contributed by atoms with van der Waals surface area (Å²) in [4.78, 5) is 14.9. The molecular weight excluding hydrogens is 348 g/mol. The Kier molecular flexibility index (Phi) is 5.18. The van der Waals surface area contributed by atoms with Gasteiger partial charge in [-0.3, -0.25) is 4.79 Å². The van der Waals surface area contributed by atoms with E-state index in [4.69, 9.17) is 4.74 Å². The van der Waals surface area contributed by atoms with Gasteiger partial charge < -0.3 is 15.0 Å². The number of ether oxygens (including phenoxy) is 1. The topological polar surface area (TPSA) is 41.6 Å². The Morgan fingerprint density at radius 2 is 2.04 bits per heavy atom. The SMILES string of the molecule is O=C(NC[C@H]1[C@H]2CN(CCCCc3ccccc3)C[C@]23CC[C@H]1O3)C1CCC1. The first-order chi connectivity index (χ1) is 13.7. The molecule has 4 fully saturated rings. The van der Waals surface area contributed by atoms with Crippen LogP contribution in [0.15, 0.2) is 30.3 Å². The molecule has 4 atom stereocenters. The molecule has 0 unspecified atom stereocenters. The summed E-state index contributed by atoms with van der Waals surface area (Å²) in [6, 6.07) is 10.8.